The average Bonchev–Trinajstić information content (AvgIpc) is 2.96. The van der Waals surface area contributed by atoms with Crippen molar-refractivity contribution in [2.45, 2.75) is 18.5 Å². The second kappa shape index (κ2) is 8.00. The number of amides is 1. The molecule has 0 radical (unpaired) electrons. The minimum Gasteiger partial charge on any atom is -0.448 e. The van der Waals surface area contributed by atoms with Crippen molar-refractivity contribution >= 4 is 6.09 Å². The zero-order valence-electron chi connectivity index (χ0n) is 14.6. The van der Waals surface area contributed by atoms with Crippen LogP contribution >= 0.6 is 0 Å². The predicted octanol–water partition coefficient (Wildman–Crippen LogP) is 4.18. The van der Waals surface area contributed by atoms with Crippen LogP contribution in [0.1, 0.15) is 23.5 Å². The number of carbonyl (C=O) groups excluding carboxylic acids is 1. The van der Waals surface area contributed by atoms with E-state index < -0.39 is 18.8 Å². The average molecular weight is 379 g/mol. The van der Waals surface area contributed by atoms with Gasteiger partial charge in [0.25, 0.3) is 0 Å². The third kappa shape index (κ3) is 4.42. The van der Waals surface area contributed by atoms with E-state index in [9.17, 15) is 18.0 Å². The van der Waals surface area contributed by atoms with Gasteiger partial charge in [0.2, 0.25) is 0 Å². The topological polar surface area (TPSA) is 49.8 Å². The van der Waals surface area contributed by atoms with E-state index in [1.54, 1.807) is 0 Å². The predicted molar refractivity (Wildman–Crippen MR) is 94.4 cm³/mol. The van der Waals surface area contributed by atoms with E-state index in [1.807, 2.05) is 48.5 Å². The van der Waals surface area contributed by atoms with Crippen molar-refractivity contribution in [1.82, 2.24) is 4.90 Å². The number of aliphatic hydroxyl groups is 1. The van der Waals surface area contributed by atoms with E-state index in [0.717, 1.165) is 22.3 Å². The summed E-state index contributed by atoms with van der Waals surface area (Å²) in [6.45, 7) is -1.96. The Bertz CT molecular complexity index is 762. The number of rotatable bonds is 6. The van der Waals surface area contributed by atoms with Crippen LogP contribution in [-0.2, 0) is 4.74 Å². The van der Waals surface area contributed by atoms with E-state index in [2.05, 4.69) is 0 Å². The van der Waals surface area contributed by atoms with Gasteiger partial charge in [-0.1, -0.05) is 48.5 Å². The Morgan fingerprint density at radius 2 is 1.59 bits per heavy atom. The van der Waals surface area contributed by atoms with Crippen LogP contribution in [0, 0.1) is 0 Å². The molecule has 3 rings (SSSR count). The second-order valence-corrected chi connectivity index (χ2v) is 6.42. The molecule has 0 spiro atoms. The summed E-state index contributed by atoms with van der Waals surface area (Å²) in [5.41, 5.74) is 4.07. The Morgan fingerprint density at radius 1 is 1.04 bits per heavy atom. The first-order valence-corrected chi connectivity index (χ1v) is 8.68. The summed E-state index contributed by atoms with van der Waals surface area (Å²) in [5.74, 6) is -0.216. The quantitative estimate of drug-likeness (QED) is 0.819. The molecule has 4 nitrogen and oxygen atoms in total. The van der Waals surface area contributed by atoms with E-state index in [0.29, 0.717) is 4.90 Å². The lowest BCUT2D eigenvalue weighted by Crippen LogP contribution is -2.40. The van der Waals surface area contributed by atoms with Gasteiger partial charge in [0.05, 0.1) is 0 Å². The van der Waals surface area contributed by atoms with Crippen LogP contribution in [0.2, 0.25) is 0 Å². The molecule has 2 aromatic rings. The summed E-state index contributed by atoms with van der Waals surface area (Å²) in [6, 6.07) is 15.4. The number of halogens is 3. The van der Waals surface area contributed by atoms with E-state index in [1.165, 1.54) is 0 Å². The van der Waals surface area contributed by atoms with Gasteiger partial charge in [0.15, 0.2) is 0 Å². The molecule has 144 valence electrons. The molecule has 1 aliphatic rings. The van der Waals surface area contributed by atoms with Crippen molar-refractivity contribution in [1.29, 1.82) is 0 Å². The zero-order valence-corrected chi connectivity index (χ0v) is 14.6. The number of hydrogen-bond donors (Lipinski definition) is 1. The van der Waals surface area contributed by atoms with Crippen LogP contribution in [0.25, 0.3) is 11.1 Å². The molecular weight excluding hydrogens is 359 g/mol. The highest BCUT2D eigenvalue weighted by Gasteiger charge is 2.34. The molecule has 0 aliphatic heterocycles. The fourth-order valence-corrected chi connectivity index (χ4v) is 3.40. The Hall–Kier alpha value is -2.54. The van der Waals surface area contributed by atoms with Gasteiger partial charge in [-0.25, -0.2) is 4.79 Å². The van der Waals surface area contributed by atoms with Crippen LogP contribution in [0.3, 0.4) is 0 Å². The van der Waals surface area contributed by atoms with Crippen molar-refractivity contribution in [3.63, 3.8) is 0 Å². The molecule has 0 saturated heterocycles. The Balaban J connectivity index is 1.74. The van der Waals surface area contributed by atoms with Gasteiger partial charge in [0, 0.05) is 19.1 Å². The van der Waals surface area contributed by atoms with Crippen molar-refractivity contribution in [3.8, 4) is 11.1 Å². The number of alkyl halides is 3. The number of fused-ring (bicyclic) bond motifs is 3. The van der Waals surface area contributed by atoms with Crippen LogP contribution < -0.4 is 0 Å². The molecule has 7 heteroatoms. The maximum absolute atomic E-state index is 12.7. The molecule has 0 unspecified atom stereocenters. The molecule has 27 heavy (non-hydrogen) atoms. The highest BCUT2D eigenvalue weighted by atomic mass is 19.4. The number of hydrogen-bond acceptors (Lipinski definition) is 3. The maximum atomic E-state index is 12.7. The van der Waals surface area contributed by atoms with Crippen molar-refractivity contribution in [2.24, 2.45) is 0 Å². The summed E-state index contributed by atoms with van der Waals surface area (Å²) in [7, 11) is 0. The van der Waals surface area contributed by atoms with E-state index >= 15 is 0 Å². The third-order valence-electron chi connectivity index (χ3n) is 4.55. The smallest absolute Gasteiger partial charge is 0.410 e. The minimum atomic E-state index is -4.53. The summed E-state index contributed by atoms with van der Waals surface area (Å²) in [5, 5.41) is 8.86. The molecule has 0 heterocycles. The highest BCUT2D eigenvalue weighted by molar-refractivity contribution is 5.79. The molecule has 2 aromatic carbocycles. The van der Waals surface area contributed by atoms with Crippen LogP contribution in [-0.4, -0.2) is 48.6 Å². The van der Waals surface area contributed by atoms with Crippen LogP contribution in [0.4, 0.5) is 18.0 Å². The third-order valence-corrected chi connectivity index (χ3v) is 4.55. The number of carbonyl (C=O) groups is 1. The fraction of sp³-hybridized carbons (Fsp3) is 0.350. The molecule has 0 bridgehead atoms. The van der Waals surface area contributed by atoms with Crippen LogP contribution in [0.5, 0.6) is 0 Å². The lowest BCUT2D eigenvalue weighted by atomic mass is 9.98. The molecule has 0 fully saturated rings. The summed E-state index contributed by atoms with van der Waals surface area (Å²) in [6.07, 6.45) is -5.50. The molecule has 0 saturated carbocycles. The molecule has 1 amide bonds. The minimum absolute atomic E-state index is 0.0413. The molecular formula is C20H20F3NO3. The van der Waals surface area contributed by atoms with Gasteiger partial charge >= 0.3 is 12.3 Å². The summed E-state index contributed by atoms with van der Waals surface area (Å²) >= 11 is 0. The lowest BCUT2D eigenvalue weighted by Gasteiger charge is -2.24. The zero-order chi connectivity index (χ0) is 19.4. The second-order valence-electron chi connectivity index (χ2n) is 6.42. The Morgan fingerprint density at radius 3 is 2.11 bits per heavy atom. The van der Waals surface area contributed by atoms with Gasteiger partial charge in [-0.05, 0) is 28.7 Å². The number of nitrogens with zero attached hydrogens (tertiary/aromatic N) is 1. The van der Waals surface area contributed by atoms with Gasteiger partial charge < -0.3 is 9.84 Å². The van der Waals surface area contributed by atoms with Gasteiger partial charge in [-0.15, -0.1) is 0 Å². The normalized spacial score (nSPS) is 13.2. The summed E-state index contributed by atoms with van der Waals surface area (Å²) in [4.78, 5) is 12.8. The maximum Gasteiger partial charge on any atom is 0.410 e. The number of ether oxygens (including phenoxy) is 1. The lowest BCUT2D eigenvalue weighted by molar-refractivity contribution is -0.143. The van der Waals surface area contributed by atoms with E-state index in [4.69, 9.17) is 9.84 Å². The summed E-state index contributed by atoms with van der Waals surface area (Å²) < 4.78 is 43.4. The molecule has 1 aliphatic carbocycles. The van der Waals surface area contributed by atoms with Crippen molar-refractivity contribution < 1.29 is 27.8 Å². The SMILES string of the molecule is O=C(OCC1c2ccccc2-c2ccccc21)N(CCCO)CC(F)(F)F. The number of aliphatic hydroxyl groups excluding tert-OH is 1. The molecule has 0 atom stereocenters. The Labute approximate surface area is 155 Å². The first-order chi connectivity index (χ1) is 12.9. The first-order valence-electron chi connectivity index (χ1n) is 8.68. The monoisotopic (exact) mass is 379 g/mol. The van der Waals surface area contributed by atoms with Crippen LogP contribution in [0.15, 0.2) is 48.5 Å². The van der Waals surface area contributed by atoms with Crippen molar-refractivity contribution in [3.05, 3.63) is 59.7 Å². The first kappa shape index (κ1) is 19.2. The Kier molecular flexibility index (Phi) is 5.70. The van der Waals surface area contributed by atoms with Gasteiger partial charge in [-0.3, -0.25) is 4.90 Å². The van der Waals surface area contributed by atoms with Gasteiger partial charge in [0.1, 0.15) is 13.2 Å². The van der Waals surface area contributed by atoms with E-state index in [-0.39, 0.29) is 32.1 Å². The highest BCUT2D eigenvalue weighted by Crippen LogP contribution is 2.44. The van der Waals surface area contributed by atoms with Crippen molar-refractivity contribution in [2.75, 3.05) is 26.3 Å². The fourth-order valence-electron chi connectivity index (χ4n) is 3.40. The molecule has 0 aromatic heterocycles. The number of benzene rings is 2. The van der Waals surface area contributed by atoms with Gasteiger partial charge in [-0.2, -0.15) is 13.2 Å². The molecule has 1 N–H and O–H groups in total. The largest absolute Gasteiger partial charge is 0.448 e. The standard InChI is InChI=1S/C20H20F3NO3/c21-20(22,23)13-24(10-5-11-25)19(26)27-12-18-16-8-3-1-6-14(16)15-7-2-4-9-17(15)18/h1-4,6-9,18,25H,5,10-13H2.